The van der Waals surface area contributed by atoms with E-state index >= 15 is 0 Å². The van der Waals surface area contributed by atoms with E-state index in [9.17, 15) is 27.6 Å². The highest BCUT2D eigenvalue weighted by molar-refractivity contribution is 6.33. The van der Waals surface area contributed by atoms with Gasteiger partial charge in [0.15, 0.2) is 0 Å². The van der Waals surface area contributed by atoms with E-state index in [-0.39, 0.29) is 23.1 Å². The third-order valence-electron chi connectivity index (χ3n) is 5.47. The van der Waals surface area contributed by atoms with Crippen molar-refractivity contribution in [3.63, 3.8) is 0 Å². The number of aliphatic imine (C=N–C) groups is 1. The molecule has 1 aromatic rings. The van der Waals surface area contributed by atoms with Gasteiger partial charge in [-0.05, 0) is 31.6 Å². The summed E-state index contributed by atoms with van der Waals surface area (Å²) in [5.74, 6) is -0.0496. The summed E-state index contributed by atoms with van der Waals surface area (Å²) >= 11 is 6.02. The van der Waals surface area contributed by atoms with Gasteiger partial charge in [0.25, 0.3) is 5.56 Å². The first-order valence-corrected chi connectivity index (χ1v) is 10.8. The first-order valence-electron chi connectivity index (χ1n) is 10.4. The molecule has 0 radical (unpaired) electrons. The minimum atomic E-state index is -4.48. The second kappa shape index (κ2) is 10.9. The lowest BCUT2D eigenvalue weighted by Gasteiger charge is -2.27. The molecule has 1 aliphatic carbocycles. The van der Waals surface area contributed by atoms with Crippen molar-refractivity contribution < 1.29 is 27.5 Å². The third kappa shape index (κ3) is 7.62. The molecule has 0 aromatic carbocycles. The quantitative estimate of drug-likeness (QED) is 0.542. The van der Waals surface area contributed by atoms with Gasteiger partial charge in [-0.2, -0.15) is 18.3 Å². The maximum absolute atomic E-state index is 12.3. The smallest absolute Gasteiger partial charge is 0.407 e. The largest absolute Gasteiger partial charge is 0.444 e. The van der Waals surface area contributed by atoms with Gasteiger partial charge in [-0.1, -0.05) is 11.6 Å². The standard InChI is InChI=1S/C19H24ClF3N6O4/c20-15-14(8-26-28-16(15)30)29-6-5-13(9-29)33-18(32)27-12-3-1-11(2-4-12)7-24-17(31)25-10-19(21,22)23/h7-8,11-13H,1-6,9-10H2,(H,25,31)(H,27,32)(H,28,30)/t11?,12?,13-/m1/s1. The van der Waals surface area contributed by atoms with Crippen LogP contribution in [0.5, 0.6) is 0 Å². The Morgan fingerprint density at radius 2 is 2.03 bits per heavy atom. The third-order valence-corrected chi connectivity index (χ3v) is 5.84. The Labute approximate surface area is 191 Å². The number of urea groups is 1. The summed E-state index contributed by atoms with van der Waals surface area (Å²) < 4.78 is 41.7. The number of alkyl carbamates (subject to hydrolysis) is 1. The number of halogens is 4. The number of nitrogens with zero attached hydrogens (tertiary/aromatic N) is 3. The summed E-state index contributed by atoms with van der Waals surface area (Å²) in [5, 5.41) is 10.5. The van der Waals surface area contributed by atoms with Gasteiger partial charge in [-0.15, -0.1) is 0 Å². The Balaban J connectivity index is 1.37. The molecular formula is C19H24ClF3N6O4. The number of nitrogens with one attached hydrogen (secondary N) is 3. The predicted molar refractivity (Wildman–Crippen MR) is 114 cm³/mol. The SMILES string of the molecule is O=C(N=CC1CCC(NC(=O)O[C@@H]2CCN(c3cn[nH]c(=O)c3Cl)C2)CC1)NCC(F)(F)F. The molecule has 0 spiro atoms. The number of hydrogen-bond acceptors (Lipinski definition) is 6. The molecule has 14 heteroatoms. The second-order valence-electron chi connectivity index (χ2n) is 7.97. The number of amides is 3. The lowest BCUT2D eigenvalue weighted by Crippen LogP contribution is -2.40. The Bertz CT molecular complexity index is 933. The van der Waals surface area contributed by atoms with Gasteiger partial charge in [-0.25, -0.2) is 19.7 Å². The van der Waals surface area contributed by atoms with Gasteiger partial charge in [0.05, 0.1) is 18.4 Å². The fourth-order valence-electron chi connectivity index (χ4n) is 3.80. The minimum Gasteiger partial charge on any atom is -0.444 e. The summed E-state index contributed by atoms with van der Waals surface area (Å²) in [6.45, 7) is -0.476. The van der Waals surface area contributed by atoms with Crippen molar-refractivity contribution in [2.75, 3.05) is 24.5 Å². The highest BCUT2D eigenvalue weighted by atomic mass is 35.5. The summed E-state index contributed by atoms with van der Waals surface area (Å²) in [7, 11) is 0. The number of H-pyrrole nitrogens is 1. The van der Waals surface area contributed by atoms with E-state index in [1.807, 2.05) is 4.90 Å². The van der Waals surface area contributed by atoms with Crippen LogP contribution < -0.4 is 21.1 Å². The fourth-order valence-corrected chi connectivity index (χ4v) is 4.01. The van der Waals surface area contributed by atoms with Crippen LogP contribution in [-0.2, 0) is 4.74 Å². The zero-order valence-corrected chi connectivity index (χ0v) is 18.3. The van der Waals surface area contributed by atoms with Crippen molar-refractivity contribution in [1.82, 2.24) is 20.8 Å². The molecule has 10 nitrogen and oxygen atoms in total. The van der Waals surface area contributed by atoms with Gasteiger partial charge in [-0.3, -0.25) is 4.79 Å². The molecule has 3 rings (SSSR count). The summed E-state index contributed by atoms with van der Waals surface area (Å²) in [5.41, 5.74) is -0.00198. The van der Waals surface area contributed by atoms with E-state index in [4.69, 9.17) is 16.3 Å². The van der Waals surface area contributed by atoms with Crippen LogP contribution in [0.2, 0.25) is 5.02 Å². The van der Waals surface area contributed by atoms with Gasteiger partial charge < -0.3 is 20.3 Å². The lowest BCUT2D eigenvalue weighted by atomic mass is 9.87. The zero-order chi connectivity index (χ0) is 24.0. The summed E-state index contributed by atoms with van der Waals surface area (Å²) in [4.78, 5) is 40.6. The molecule has 1 atom stereocenters. The van der Waals surface area contributed by atoms with Crippen LogP contribution in [0.25, 0.3) is 0 Å². The Morgan fingerprint density at radius 3 is 2.73 bits per heavy atom. The van der Waals surface area contributed by atoms with Gasteiger partial charge in [0.2, 0.25) is 0 Å². The average molecular weight is 493 g/mol. The number of alkyl halides is 3. The zero-order valence-electron chi connectivity index (χ0n) is 17.5. The van der Waals surface area contributed by atoms with Crippen molar-refractivity contribution >= 4 is 35.6 Å². The highest BCUT2D eigenvalue weighted by Gasteiger charge is 2.30. The molecule has 0 unspecified atom stereocenters. The van der Waals surface area contributed by atoms with E-state index in [0.29, 0.717) is 50.9 Å². The Morgan fingerprint density at radius 1 is 1.30 bits per heavy atom. The van der Waals surface area contributed by atoms with Crippen LogP contribution in [0.4, 0.5) is 28.4 Å². The molecule has 1 aromatic heterocycles. The van der Waals surface area contributed by atoms with E-state index in [2.05, 4.69) is 20.5 Å². The van der Waals surface area contributed by atoms with Gasteiger partial charge in [0, 0.05) is 25.2 Å². The van der Waals surface area contributed by atoms with Crippen molar-refractivity contribution in [2.45, 2.75) is 50.4 Å². The number of aromatic nitrogens is 2. The number of carbonyl (C=O) groups excluding carboxylic acids is 2. The van der Waals surface area contributed by atoms with E-state index in [1.54, 1.807) is 5.32 Å². The Kier molecular flexibility index (Phi) is 8.16. The number of hydrogen-bond donors (Lipinski definition) is 3. The monoisotopic (exact) mass is 492 g/mol. The van der Waals surface area contributed by atoms with Crippen LogP contribution in [0.15, 0.2) is 16.0 Å². The first-order chi connectivity index (χ1) is 15.6. The molecule has 2 heterocycles. The molecule has 2 fully saturated rings. The lowest BCUT2D eigenvalue weighted by molar-refractivity contribution is -0.122. The van der Waals surface area contributed by atoms with Gasteiger partial charge >= 0.3 is 18.3 Å². The molecule has 3 amide bonds. The molecule has 0 bridgehead atoms. The molecular weight excluding hydrogens is 469 g/mol. The van der Waals surface area contributed by atoms with Crippen molar-refractivity contribution in [1.29, 1.82) is 0 Å². The normalized spacial score (nSPS) is 23.5. The van der Waals surface area contributed by atoms with Crippen LogP contribution in [0.1, 0.15) is 32.1 Å². The van der Waals surface area contributed by atoms with Crippen LogP contribution in [0.3, 0.4) is 0 Å². The molecule has 1 saturated heterocycles. The maximum Gasteiger partial charge on any atom is 0.407 e. The predicted octanol–water partition coefficient (Wildman–Crippen LogP) is 2.63. The molecule has 182 valence electrons. The average Bonchev–Trinajstić information content (AvgIpc) is 3.21. The second-order valence-corrected chi connectivity index (χ2v) is 8.35. The number of anilines is 1. The molecule has 3 N–H and O–H groups in total. The van der Waals surface area contributed by atoms with E-state index in [1.165, 1.54) is 12.4 Å². The summed E-state index contributed by atoms with van der Waals surface area (Å²) in [6.07, 6.45) is 0.525. The van der Waals surface area contributed by atoms with Gasteiger partial charge in [0.1, 0.15) is 17.7 Å². The van der Waals surface area contributed by atoms with Crippen LogP contribution >= 0.6 is 11.6 Å². The minimum absolute atomic E-state index is 0.0354. The van der Waals surface area contributed by atoms with Crippen LogP contribution in [-0.4, -0.2) is 66.5 Å². The molecule has 33 heavy (non-hydrogen) atoms. The summed E-state index contributed by atoms with van der Waals surface area (Å²) in [6, 6.07) is -1.14. The maximum atomic E-state index is 12.3. The highest BCUT2D eigenvalue weighted by Crippen LogP contribution is 2.26. The van der Waals surface area contributed by atoms with Crippen molar-refractivity contribution in [2.24, 2.45) is 10.9 Å². The van der Waals surface area contributed by atoms with Crippen molar-refractivity contribution in [3.8, 4) is 0 Å². The van der Waals surface area contributed by atoms with E-state index < -0.39 is 30.4 Å². The number of ether oxygens (including phenoxy) is 1. The van der Waals surface area contributed by atoms with Crippen molar-refractivity contribution in [3.05, 3.63) is 21.6 Å². The molecule has 1 saturated carbocycles. The Hall–Kier alpha value is -2.83. The number of carbonyl (C=O) groups is 2. The first kappa shape index (κ1) is 24.8. The number of aromatic amines is 1. The fraction of sp³-hybridized carbons (Fsp3) is 0.632. The molecule has 2 aliphatic rings. The number of rotatable bonds is 5. The topological polar surface area (TPSA) is 129 Å². The molecule has 1 aliphatic heterocycles. The van der Waals surface area contributed by atoms with E-state index in [0.717, 1.165) is 0 Å². The van der Waals surface area contributed by atoms with Crippen LogP contribution in [0, 0.1) is 5.92 Å².